The molecule has 25 heavy (non-hydrogen) atoms. The lowest BCUT2D eigenvalue weighted by atomic mass is 9.99. The molecule has 1 heterocycles. The molecule has 0 aliphatic rings. The molecule has 0 spiro atoms. The van der Waals surface area contributed by atoms with E-state index in [1.807, 2.05) is 23.8 Å². The second-order valence-corrected chi connectivity index (χ2v) is 6.87. The van der Waals surface area contributed by atoms with Crippen LogP contribution in [-0.2, 0) is 10.4 Å². The largest absolute Gasteiger partial charge is 0.507 e. The second kappa shape index (κ2) is 8.13. The van der Waals surface area contributed by atoms with Gasteiger partial charge < -0.3 is 20.8 Å². The molecule has 1 aromatic carbocycles. The van der Waals surface area contributed by atoms with E-state index in [0.29, 0.717) is 0 Å². The van der Waals surface area contributed by atoms with Gasteiger partial charge in [-0.1, -0.05) is 6.07 Å². The first kappa shape index (κ1) is 19.0. The summed E-state index contributed by atoms with van der Waals surface area (Å²) >= 11 is 1.48. The molecule has 1 aromatic heterocycles. The summed E-state index contributed by atoms with van der Waals surface area (Å²) in [6.45, 7) is 3.68. The number of amides is 2. The molecule has 0 aliphatic heterocycles. The highest BCUT2D eigenvalue weighted by atomic mass is 32.1. The fraction of sp³-hybridized carbons (Fsp3) is 0.333. The van der Waals surface area contributed by atoms with Crippen molar-refractivity contribution in [3.8, 4) is 5.75 Å². The standard InChI is InChI=1S/C18H22N2O4S/c1-12-3-4-14(15(21)9-12)17(23)19-7-5-16(22)20-11-18(2,24)13-6-8-25-10-13/h3-4,6,8-10,21,24H,5,7,11H2,1-2H3,(H,19,23)(H,20,22)/t18-/m1/s1. The minimum absolute atomic E-state index is 0.0814. The Balaban J connectivity index is 1.76. The number of hydrogen-bond donors (Lipinski definition) is 4. The highest BCUT2D eigenvalue weighted by Gasteiger charge is 2.24. The number of hydrogen-bond acceptors (Lipinski definition) is 5. The first-order chi connectivity index (χ1) is 11.8. The fourth-order valence-corrected chi connectivity index (χ4v) is 3.03. The predicted octanol–water partition coefficient (Wildman–Crippen LogP) is 1.91. The SMILES string of the molecule is Cc1ccc(C(=O)NCCC(=O)NC[C@@](C)(O)c2ccsc2)c(O)c1. The average molecular weight is 362 g/mol. The molecule has 1 atom stereocenters. The Labute approximate surface area is 150 Å². The van der Waals surface area contributed by atoms with Crippen molar-refractivity contribution >= 4 is 23.2 Å². The van der Waals surface area contributed by atoms with Crippen molar-refractivity contribution in [1.82, 2.24) is 10.6 Å². The van der Waals surface area contributed by atoms with E-state index in [1.54, 1.807) is 13.0 Å². The van der Waals surface area contributed by atoms with E-state index in [1.165, 1.54) is 23.5 Å². The van der Waals surface area contributed by atoms with E-state index in [2.05, 4.69) is 10.6 Å². The summed E-state index contributed by atoms with van der Waals surface area (Å²) in [5.41, 5.74) is 0.644. The van der Waals surface area contributed by atoms with Gasteiger partial charge in [-0.25, -0.2) is 0 Å². The lowest BCUT2D eigenvalue weighted by molar-refractivity contribution is -0.122. The topological polar surface area (TPSA) is 98.7 Å². The number of thiophene rings is 1. The first-order valence-electron chi connectivity index (χ1n) is 7.89. The average Bonchev–Trinajstić information content (AvgIpc) is 3.08. The third-order valence-electron chi connectivity index (χ3n) is 3.81. The van der Waals surface area contributed by atoms with Crippen LogP contribution in [0.15, 0.2) is 35.0 Å². The van der Waals surface area contributed by atoms with Crippen LogP contribution in [-0.4, -0.2) is 35.1 Å². The van der Waals surface area contributed by atoms with Crippen LogP contribution in [0.4, 0.5) is 0 Å². The van der Waals surface area contributed by atoms with Gasteiger partial charge in [0.05, 0.1) is 12.1 Å². The summed E-state index contributed by atoms with van der Waals surface area (Å²) < 4.78 is 0. The Kier molecular flexibility index (Phi) is 6.17. The zero-order valence-electron chi connectivity index (χ0n) is 14.2. The van der Waals surface area contributed by atoms with Crippen LogP contribution in [0.1, 0.15) is 34.8 Å². The first-order valence-corrected chi connectivity index (χ1v) is 8.83. The maximum atomic E-state index is 12.0. The number of aliphatic hydroxyl groups is 1. The van der Waals surface area contributed by atoms with Gasteiger partial charge in [0.2, 0.25) is 5.91 Å². The van der Waals surface area contributed by atoms with E-state index >= 15 is 0 Å². The number of phenols is 1. The number of carbonyl (C=O) groups is 2. The molecule has 4 N–H and O–H groups in total. The zero-order chi connectivity index (χ0) is 18.4. The van der Waals surface area contributed by atoms with Gasteiger partial charge in [-0.2, -0.15) is 11.3 Å². The number of aryl methyl sites for hydroxylation is 1. The zero-order valence-corrected chi connectivity index (χ0v) is 15.0. The van der Waals surface area contributed by atoms with Gasteiger partial charge in [-0.05, 0) is 53.9 Å². The van der Waals surface area contributed by atoms with E-state index in [9.17, 15) is 19.8 Å². The molecule has 2 rings (SSSR count). The number of rotatable bonds is 7. The van der Waals surface area contributed by atoms with E-state index < -0.39 is 11.5 Å². The molecule has 7 heteroatoms. The Morgan fingerprint density at radius 1 is 1.24 bits per heavy atom. The van der Waals surface area contributed by atoms with Gasteiger partial charge >= 0.3 is 0 Å². The number of aromatic hydroxyl groups is 1. The molecule has 6 nitrogen and oxygen atoms in total. The summed E-state index contributed by atoms with van der Waals surface area (Å²) in [5, 5.41) is 29.1. The normalized spacial score (nSPS) is 13.1. The maximum Gasteiger partial charge on any atom is 0.255 e. The summed E-state index contributed by atoms with van der Waals surface area (Å²) in [7, 11) is 0. The number of carbonyl (C=O) groups excluding carboxylic acids is 2. The van der Waals surface area contributed by atoms with Crippen molar-refractivity contribution < 1.29 is 19.8 Å². The second-order valence-electron chi connectivity index (χ2n) is 6.09. The fourth-order valence-electron chi connectivity index (χ4n) is 2.25. The van der Waals surface area contributed by atoms with Crippen LogP contribution in [0.5, 0.6) is 5.75 Å². The molecule has 2 aromatic rings. The summed E-state index contributed by atoms with van der Waals surface area (Å²) in [6.07, 6.45) is 0.0814. The van der Waals surface area contributed by atoms with Gasteiger partial charge in [0, 0.05) is 13.0 Å². The minimum atomic E-state index is -1.13. The molecular weight excluding hydrogens is 340 g/mol. The molecule has 0 unspecified atom stereocenters. The molecular formula is C18H22N2O4S. The van der Waals surface area contributed by atoms with Crippen LogP contribution >= 0.6 is 11.3 Å². The monoisotopic (exact) mass is 362 g/mol. The summed E-state index contributed by atoms with van der Waals surface area (Å²) in [6, 6.07) is 6.59. The lowest BCUT2D eigenvalue weighted by Gasteiger charge is -2.22. The third kappa shape index (κ3) is 5.30. The van der Waals surface area contributed by atoms with Crippen LogP contribution < -0.4 is 10.6 Å². The van der Waals surface area contributed by atoms with Crippen molar-refractivity contribution in [1.29, 1.82) is 0 Å². The van der Waals surface area contributed by atoms with Crippen LogP contribution in [0.25, 0.3) is 0 Å². The molecule has 0 saturated carbocycles. The van der Waals surface area contributed by atoms with Crippen LogP contribution in [0.3, 0.4) is 0 Å². The smallest absolute Gasteiger partial charge is 0.255 e. The van der Waals surface area contributed by atoms with E-state index in [4.69, 9.17) is 0 Å². The Morgan fingerprint density at radius 3 is 2.64 bits per heavy atom. The van der Waals surface area contributed by atoms with Gasteiger partial charge in [0.15, 0.2) is 0 Å². The Bertz CT molecular complexity index is 742. The quantitative estimate of drug-likeness (QED) is 0.605. The van der Waals surface area contributed by atoms with Crippen molar-refractivity contribution in [3.63, 3.8) is 0 Å². The Morgan fingerprint density at radius 2 is 2.00 bits per heavy atom. The van der Waals surface area contributed by atoms with Gasteiger partial charge in [-0.15, -0.1) is 0 Å². The van der Waals surface area contributed by atoms with E-state index in [0.717, 1.165) is 11.1 Å². The van der Waals surface area contributed by atoms with Gasteiger partial charge in [-0.3, -0.25) is 9.59 Å². The van der Waals surface area contributed by atoms with Gasteiger partial charge in [0.25, 0.3) is 5.91 Å². The summed E-state index contributed by atoms with van der Waals surface area (Å²) in [4.78, 5) is 23.9. The summed E-state index contributed by atoms with van der Waals surface area (Å²) in [5.74, 6) is -0.798. The molecule has 0 bridgehead atoms. The molecule has 0 fully saturated rings. The molecule has 2 amide bonds. The molecule has 0 radical (unpaired) electrons. The highest BCUT2D eigenvalue weighted by Crippen LogP contribution is 2.22. The molecule has 0 saturated heterocycles. The Hall–Kier alpha value is -2.38. The lowest BCUT2D eigenvalue weighted by Crippen LogP contribution is -2.39. The van der Waals surface area contributed by atoms with Crippen LogP contribution in [0, 0.1) is 6.92 Å². The number of phenolic OH excluding ortho intramolecular Hbond substituents is 1. The van der Waals surface area contributed by atoms with Crippen molar-refractivity contribution in [2.24, 2.45) is 0 Å². The van der Waals surface area contributed by atoms with Crippen molar-refractivity contribution in [2.45, 2.75) is 25.9 Å². The van der Waals surface area contributed by atoms with Gasteiger partial charge in [0.1, 0.15) is 11.4 Å². The minimum Gasteiger partial charge on any atom is -0.507 e. The number of benzene rings is 1. The van der Waals surface area contributed by atoms with E-state index in [-0.39, 0.29) is 36.7 Å². The highest BCUT2D eigenvalue weighted by molar-refractivity contribution is 7.08. The van der Waals surface area contributed by atoms with Crippen LogP contribution in [0.2, 0.25) is 0 Å². The van der Waals surface area contributed by atoms with Crippen molar-refractivity contribution in [3.05, 3.63) is 51.7 Å². The maximum absolute atomic E-state index is 12.0. The third-order valence-corrected chi connectivity index (χ3v) is 4.49. The number of nitrogens with one attached hydrogen (secondary N) is 2. The molecule has 0 aliphatic carbocycles. The predicted molar refractivity (Wildman–Crippen MR) is 96.7 cm³/mol. The molecule has 134 valence electrons. The van der Waals surface area contributed by atoms with Crippen molar-refractivity contribution in [2.75, 3.05) is 13.1 Å².